The number of benzene rings is 1. The van der Waals surface area contributed by atoms with Crippen molar-refractivity contribution in [2.75, 3.05) is 32.7 Å². The van der Waals surface area contributed by atoms with Gasteiger partial charge in [0.25, 0.3) is 5.91 Å². The fourth-order valence-corrected chi connectivity index (χ4v) is 5.86. The maximum absolute atomic E-state index is 13.4. The Labute approximate surface area is 170 Å². The molecule has 7 heteroatoms. The van der Waals surface area contributed by atoms with Crippen molar-refractivity contribution < 1.29 is 18.1 Å². The summed E-state index contributed by atoms with van der Waals surface area (Å²) in [6.07, 6.45) is 0.904. The minimum absolute atomic E-state index is 0.0390. The van der Waals surface area contributed by atoms with Gasteiger partial charge < -0.3 is 10.2 Å². The second-order valence-electron chi connectivity index (χ2n) is 8.16. The first-order valence-electron chi connectivity index (χ1n) is 10.2. The van der Waals surface area contributed by atoms with Crippen LogP contribution in [-0.2, 0) is 14.8 Å². The van der Waals surface area contributed by atoms with Crippen molar-refractivity contribution in [1.29, 1.82) is 0 Å². The maximum Gasteiger partial charge on any atom is 0.275 e. The van der Waals surface area contributed by atoms with E-state index in [0.29, 0.717) is 37.6 Å². The fourth-order valence-electron chi connectivity index (χ4n) is 3.86. The molecule has 0 bridgehead atoms. The Hall–Kier alpha value is -1.44. The number of hydrogen-bond donors (Lipinski definition) is 2. The molecule has 1 aliphatic heterocycles. The molecule has 0 saturated carbocycles. The van der Waals surface area contributed by atoms with Crippen LogP contribution in [0.4, 0.5) is 0 Å². The quantitative estimate of drug-likeness (QED) is 0.736. The van der Waals surface area contributed by atoms with Crippen LogP contribution >= 0.6 is 0 Å². The summed E-state index contributed by atoms with van der Waals surface area (Å²) >= 11 is 0. The van der Waals surface area contributed by atoms with Crippen LogP contribution in [-0.4, -0.2) is 57.4 Å². The molecule has 1 saturated heterocycles. The van der Waals surface area contributed by atoms with Gasteiger partial charge in [-0.3, -0.25) is 4.79 Å². The summed E-state index contributed by atoms with van der Waals surface area (Å²) in [6, 6.07) is 0.174. The molecule has 0 radical (unpaired) electrons. The summed E-state index contributed by atoms with van der Waals surface area (Å²) in [4.78, 5) is 13.7. The van der Waals surface area contributed by atoms with E-state index in [1.54, 1.807) is 4.31 Å². The van der Waals surface area contributed by atoms with Gasteiger partial charge in [0.15, 0.2) is 6.54 Å². The van der Waals surface area contributed by atoms with E-state index in [2.05, 4.69) is 5.32 Å². The van der Waals surface area contributed by atoms with Gasteiger partial charge in [0.05, 0.1) is 31.1 Å². The molecule has 0 unspecified atom stereocenters. The van der Waals surface area contributed by atoms with Gasteiger partial charge >= 0.3 is 0 Å². The number of piperazine rings is 1. The lowest BCUT2D eigenvalue weighted by Crippen LogP contribution is -3.15. The zero-order valence-corrected chi connectivity index (χ0v) is 19.2. The number of nitrogens with one attached hydrogen (secondary N) is 2. The normalized spacial score (nSPS) is 17.5. The molecular formula is C21H36N3O3S+. The Balaban J connectivity index is 2.13. The lowest BCUT2D eigenvalue weighted by Gasteiger charge is -2.32. The molecule has 28 heavy (non-hydrogen) atoms. The first kappa shape index (κ1) is 22.8. The van der Waals surface area contributed by atoms with Crippen molar-refractivity contribution in [2.24, 2.45) is 0 Å². The minimum atomic E-state index is -3.54. The molecule has 2 rings (SSSR count). The van der Waals surface area contributed by atoms with Gasteiger partial charge in [0.2, 0.25) is 10.0 Å². The van der Waals surface area contributed by atoms with Crippen LogP contribution in [0.15, 0.2) is 4.90 Å². The molecule has 1 aromatic rings. The Morgan fingerprint density at radius 1 is 1.00 bits per heavy atom. The Bertz CT molecular complexity index is 812. The maximum atomic E-state index is 13.4. The van der Waals surface area contributed by atoms with E-state index in [4.69, 9.17) is 0 Å². The van der Waals surface area contributed by atoms with E-state index in [0.717, 1.165) is 39.1 Å². The van der Waals surface area contributed by atoms with Gasteiger partial charge in [0, 0.05) is 6.04 Å². The minimum Gasteiger partial charge on any atom is -0.349 e. The van der Waals surface area contributed by atoms with E-state index in [1.807, 2.05) is 48.5 Å². The molecule has 0 aromatic heterocycles. The lowest BCUT2D eigenvalue weighted by molar-refractivity contribution is -0.895. The van der Waals surface area contributed by atoms with Crippen molar-refractivity contribution in [2.45, 2.75) is 65.8 Å². The topological polar surface area (TPSA) is 70.9 Å². The highest BCUT2D eigenvalue weighted by Gasteiger charge is 2.34. The Morgan fingerprint density at radius 3 is 1.93 bits per heavy atom. The predicted octanol–water partition coefficient (Wildman–Crippen LogP) is 1.03. The monoisotopic (exact) mass is 410 g/mol. The molecule has 6 nitrogen and oxygen atoms in total. The van der Waals surface area contributed by atoms with Crippen LogP contribution < -0.4 is 10.2 Å². The number of sulfonamides is 1. The molecule has 1 atom stereocenters. The highest BCUT2D eigenvalue weighted by molar-refractivity contribution is 7.89. The molecule has 2 N–H and O–H groups in total. The van der Waals surface area contributed by atoms with Gasteiger partial charge in [-0.15, -0.1) is 0 Å². The van der Waals surface area contributed by atoms with Gasteiger partial charge in [-0.05, 0) is 75.8 Å². The molecule has 1 heterocycles. The van der Waals surface area contributed by atoms with E-state index < -0.39 is 10.0 Å². The van der Waals surface area contributed by atoms with Crippen molar-refractivity contribution in [3.8, 4) is 0 Å². The molecule has 0 spiro atoms. The van der Waals surface area contributed by atoms with Crippen LogP contribution in [0, 0.1) is 34.6 Å². The molecule has 1 aromatic carbocycles. The van der Waals surface area contributed by atoms with E-state index in [9.17, 15) is 13.2 Å². The van der Waals surface area contributed by atoms with Crippen molar-refractivity contribution in [3.63, 3.8) is 0 Å². The fraction of sp³-hybridized carbons (Fsp3) is 0.667. The third-order valence-electron chi connectivity index (χ3n) is 6.39. The number of rotatable bonds is 6. The van der Waals surface area contributed by atoms with Crippen molar-refractivity contribution in [1.82, 2.24) is 9.62 Å². The van der Waals surface area contributed by atoms with Crippen LogP contribution in [0.1, 0.15) is 48.1 Å². The number of carbonyl (C=O) groups excluding carboxylic acids is 1. The number of carbonyl (C=O) groups is 1. The summed E-state index contributed by atoms with van der Waals surface area (Å²) in [5.41, 5.74) is 4.96. The molecule has 0 aliphatic carbocycles. The van der Waals surface area contributed by atoms with Gasteiger partial charge in [-0.2, -0.15) is 4.31 Å². The summed E-state index contributed by atoms with van der Waals surface area (Å²) in [6.45, 7) is 16.5. The second kappa shape index (κ2) is 8.93. The van der Waals surface area contributed by atoms with E-state index >= 15 is 0 Å². The SMILES string of the molecule is CC[C@@H](C)NC(=O)C[NH+]1CCN(S(=O)(=O)c2c(C)c(C)c(C)c(C)c2C)CC1. The van der Waals surface area contributed by atoms with Crippen LogP contribution in [0.25, 0.3) is 0 Å². The highest BCUT2D eigenvalue weighted by atomic mass is 32.2. The first-order chi connectivity index (χ1) is 13.0. The predicted molar refractivity (Wildman–Crippen MR) is 112 cm³/mol. The zero-order chi connectivity index (χ0) is 21.2. The smallest absolute Gasteiger partial charge is 0.275 e. The number of nitrogens with zero attached hydrogens (tertiary/aromatic N) is 1. The summed E-state index contributed by atoms with van der Waals surface area (Å²) < 4.78 is 28.4. The van der Waals surface area contributed by atoms with Gasteiger partial charge in [-0.25, -0.2) is 8.42 Å². The van der Waals surface area contributed by atoms with Crippen molar-refractivity contribution >= 4 is 15.9 Å². The Kier molecular flexibility index (Phi) is 7.28. The lowest BCUT2D eigenvalue weighted by atomic mass is 9.95. The third kappa shape index (κ3) is 4.58. The molecule has 158 valence electrons. The molecular weight excluding hydrogens is 374 g/mol. The second-order valence-corrected chi connectivity index (χ2v) is 10.0. The number of quaternary nitrogens is 1. The van der Waals surface area contributed by atoms with Crippen LogP contribution in [0.5, 0.6) is 0 Å². The summed E-state index contributed by atoms with van der Waals surface area (Å²) in [5, 5.41) is 2.99. The standard InChI is InChI=1S/C21H35N3O3S/c1-8-14(2)22-20(25)13-23-9-11-24(12-10-23)28(26,27)21-18(6)16(4)15(3)17(5)19(21)7/h14H,8-13H2,1-7H3,(H,22,25)/p+1/t14-/m1/s1. The highest BCUT2D eigenvalue weighted by Crippen LogP contribution is 2.31. The van der Waals surface area contributed by atoms with E-state index in [-0.39, 0.29) is 11.9 Å². The summed E-state index contributed by atoms with van der Waals surface area (Å²) in [7, 11) is -3.54. The Morgan fingerprint density at radius 2 is 1.46 bits per heavy atom. The molecule has 1 fully saturated rings. The number of amides is 1. The first-order valence-corrected chi connectivity index (χ1v) is 11.6. The average Bonchev–Trinajstić information content (AvgIpc) is 2.65. The van der Waals surface area contributed by atoms with Crippen LogP contribution in [0.3, 0.4) is 0 Å². The van der Waals surface area contributed by atoms with E-state index in [1.165, 1.54) is 0 Å². The van der Waals surface area contributed by atoms with Crippen molar-refractivity contribution in [3.05, 3.63) is 27.8 Å². The van der Waals surface area contributed by atoms with Gasteiger partial charge in [-0.1, -0.05) is 6.92 Å². The largest absolute Gasteiger partial charge is 0.349 e. The molecule has 1 amide bonds. The molecule has 1 aliphatic rings. The average molecular weight is 411 g/mol. The van der Waals surface area contributed by atoms with Crippen LogP contribution in [0.2, 0.25) is 0 Å². The zero-order valence-electron chi connectivity index (χ0n) is 18.4. The summed E-state index contributed by atoms with van der Waals surface area (Å²) in [5.74, 6) is 0.0390. The van der Waals surface area contributed by atoms with Gasteiger partial charge in [0.1, 0.15) is 0 Å². The third-order valence-corrected chi connectivity index (χ3v) is 8.56. The number of hydrogen-bond acceptors (Lipinski definition) is 3.